The van der Waals surface area contributed by atoms with Gasteiger partial charge in [-0.25, -0.2) is 16.8 Å². The van der Waals surface area contributed by atoms with Crippen LogP contribution in [0, 0.1) is 37.5 Å². The van der Waals surface area contributed by atoms with Crippen LogP contribution in [0.4, 0.5) is 11.4 Å². The van der Waals surface area contributed by atoms with Crippen molar-refractivity contribution in [3.05, 3.63) is 119 Å². The number of rotatable bonds is 12. The maximum Gasteiger partial charge on any atom is 0.317 e. The third-order valence-corrected chi connectivity index (χ3v) is 15.8. The van der Waals surface area contributed by atoms with Crippen molar-refractivity contribution < 1.29 is 55.0 Å². The standard InChI is InChI=1S/2C23H25NO6S/c2*1-4-29-21(25)20-18-14-24(31(27,28)16-12-10-15(3)11-13-16)19-9-7-6-8-17(19)23(18,20)22(26)30-5-2/h2*6-13,18,20H,4-5,14H2,1-3H3/t2*18-,20+,23+/m10/s1. The van der Waals surface area contributed by atoms with Gasteiger partial charge in [0, 0.05) is 24.9 Å². The molecule has 0 aromatic heterocycles. The Labute approximate surface area is 362 Å². The molecule has 0 unspecified atom stereocenters. The third kappa shape index (κ3) is 7.00. The van der Waals surface area contributed by atoms with Crippen molar-refractivity contribution in [2.45, 2.75) is 62.2 Å². The number of nitrogens with zero attached hydrogens (tertiary/aromatic N) is 2. The molecule has 2 aliphatic carbocycles. The van der Waals surface area contributed by atoms with Gasteiger partial charge in [0.05, 0.1) is 59.4 Å². The van der Waals surface area contributed by atoms with Crippen molar-refractivity contribution in [3.8, 4) is 0 Å². The predicted molar refractivity (Wildman–Crippen MR) is 228 cm³/mol. The van der Waals surface area contributed by atoms with Crippen LogP contribution >= 0.6 is 0 Å². The molecular formula is C46H50N2O12S2. The lowest BCUT2D eigenvalue weighted by atomic mass is 9.88. The van der Waals surface area contributed by atoms with Crippen molar-refractivity contribution in [1.29, 1.82) is 0 Å². The highest BCUT2D eigenvalue weighted by Crippen LogP contribution is 2.67. The Morgan fingerprint density at radius 3 is 1.16 bits per heavy atom. The molecule has 0 spiro atoms. The Morgan fingerprint density at radius 1 is 0.516 bits per heavy atom. The Balaban J connectivity index is 0.000000186. The van der Waals surface area contributed by atoms with Crippen molar-refractivity contribution in [2.75, 3.05) is 48.1 Å². The molecule has 328 valence electrons. The molecule has 4 aliphatic rings. The molecule has 0 amide bonds. The largest absolute Gasteiger partial charge is 0.466 e. The molecule has 6 atom stereocenters. The van der Waals surface area contributed by atoms with Crippen LogP contribution in [0.5, 0.6) is 0 Å². The van der Waals surface area contributed by atoms with E-state index >= 15 is 0 Å². The van der Waals surface area contributed by atoms with E-state index in [4.69, 9.17) is 18.9 Å². The van der Waals surface area contributed by atoms with Gasteiger partial charge in [-0.15, -0.1) is 0 Å². The molecule has 4 aromatic rings. The van der Waals surface area contributed by atoms with Gasteiger partial charge in [-0.05, 0) is 89.1 Å². The van der Waals surface area contributed by atoms with E-state index in [0.29, 0.717) is 22.5 Å². The fourth-order valence-corrected chi connectivity index (χ4v) is 12.4. The second-order valence-corrected chi connectivity index (χ2v) is 19.3. The number of esters is 4. The zero-order valence-electron chi connectivity index (χ0n) is 35.4. The van der Waals surface area contributed by atoms with Gasteiger partial charge in [0.2, 0.25) is 0 Å². The number of sulfonamides is 2. The second-order valence-electron chi connectivity index (χ2n) is 15.6. The van der Waals surface area contributed by atoms with E-state index in [-0.39, 0.29) is 49.3 Å². The van der Waals surface area contributed by atoms with E-state index in [1.54, 1.807) is 125 Å². The van der Waals surface area contributed by atoms with E-state index in [0.717, 1.165) is 11.1 Å². The molecule has 2 fully saturated rings. The van der Waals surface area contributed by atoms with Gasteiger partial charge in [0.15, 0.2) is 0 Å². The summed E-state index contributed by atoms with van der Waals surface area (Å²) in [6.45, 7) is 11.2. The normalized spacial score (nSPS) is 24.0. The average molecular weight is 887 g/mol. The first-order valence-corrected chi connectivity index (χ1v) is 23.5. The van der Waals surface area contributed by atoms with Crippen LogP contribution in [0.1, 0.15) is 49.9 Å². The fraction of sp³-hybridized carbons (Fsp3) is 0.391. The van der Waals surface area contributed by atoms with Gasteiger partial charge in [-0.1, -0.05) is 71.8 Å². The monoisotopic (exact) mass is 886 g/mol. The van der Waals surface area contributed by atoms with Gasteiger partial charge < -0.3 is 18.9 Å². The molecule has 4 aromatic carbocycles. The highest BCUT2D eigenvalue weighted by Gasteiger charge is 2.79. The van der Waals surface area contributed by atoms with Gasteiger partial charge >= 0.3 is 23.9 Å². The van der Waals surface area contributed by atoms with Crippen molar-refractivity contribution >= 4 is 55.3 Å². The molecule has 0 N–H and O–H groups in total. The highest BCUT2D eigenvalue weighted by molar-refractivity contribution is 7.93. The lowest BCUT2D eigenvalue weighted by Crippen LogP contribution is -2.41. The van der Waals surface area contributed by atoms with Crippen LogP contribution < -0.4 is 8.61 Å². The first-order chi connectivity index (χ1) is 29.6. The molecule has 62 heavy (non-hydrogen) atoms. The number of carbonyl (C=O) groups is 4. The number of hydrogen-bond donors (Lipinski definition) is 0. The van der Waals surface area contributed by atoms with Gasteiger partial charge in [0.25, 0.3) is 20.0 Å². The zero-order chi connectivity index (χ0) is 44.8. The van der Waals surface area contributed by atoms with Crippen LogP contribution in [-0.4, -0.2) is 80.2 Å². The number of fused-ring (bicyclic) bond motifs is 6. The summed E-state index contributed by atoms with van der Waals surface area (Å²) >= 11 is 0. The van der Waals surface area contributed by atoms with Crippen molar-refractivity contribution in [3.63, 3.8) is 0 Å². The number of ether oxygens (including phenoxy) is 4. The van der Waals surface area contributed by atoms with Crippen LogP contribution in [0.25, 0.3) is 0 Å². The van der Waals surface area contributed by atoms with E-state index in [1.165, 1.54) is 8.61 Å². The Hall–Kier alpha value is -5.74. The number of aryl methyl sites for hydroxylation is 2. The van der Waals surface area contributed by atoms with E-state index < -0.39 is 78.4 Å². The van der Waals surface area contributed by atoms with Gasteiger partial charge in [-0.2, -0.15) is 0 Å². The summed E-state index contributed by atoms with van der Waals surface area (Å²) in [5.74, 6) is -4.73. The molecule has 2 heterocycles. The number of para-hydroxylation sites is 2. The topological polar surface area (TPSA) is 180 Å². The lowest BCUT2D eigenvalue weighted by molar-refractivity contribution is -0.152. The Kier molecular flexibility index (Phi) is 12.0. The maximum atomic E-state index is 13.5. The van der Waals surface area contributed by atoms with Gasteiger partial charge in [0.1, 0.15) is 10.8 Å². The maximum absolute atomic E-state index is 13.5. The quantitative estimate of drug-likeness (QED) is 0.127. The highest BCUT2D eigenvalue weighted by atomic mass is 32.2. The number of carbonyl (C=O) groups excluding carboxylic acids is 4. The van der Waals surface area contributed by atoms with Crippen molar-refractivity contribution in [2.24, 2.45) is 23.7 Å². The third-order valence-electron chi connectivity index (χ3n) is 12.2. The summed E-state index contributed by atoms with van der Waals surface area (Å²) < 4.78 is 77.8. The van der Waals surface area contributed by atoms with Gasteiger partial charge in [-0.3, -0.25) is 27.8 Å². The van der Waals surface area contributed by atoms with Crippen molar-refractivity contribution in [1.82, 2.24) is 0 Å². The summed E-state index contributed by atoms with van der Waals surface area (Å²) in [5, 5.41) is 0. The van der Waals surface area contributed by atoms with E-state index in [2.05, 4.69) is 0 Å². The average Bonchev–Trinajstić information content (AvgIpc) is 4.15. The molecule has 0 bridgehead atoms. The molecule has 2 saturated carbocycles. The Morgan fingerprint density at radius 2 is 0.839 bits per heavy atom. The fourth-order valence-electron chi connectivity index (χ4n) is 9.36. The minimum atomic E-state index is -3.90. The summed E-state index contributed by atoms with van der Waals surface area (Å²) in [6.07, 6.45) is 0. The first-order valence-electron chi connectivity index (χ1n) is 20.6. The second kappa shape index (κ2) is 16.9. The minimum Gasteiger partial charge on any atom is -0.466 e. The number of benzene rings is 4. The summed E-state index contributed by atoms with van der Waals surface area (Å²) in [7, 11) is -7.79. The summed E-state index contributed by atoms with van der Waals surface area (Å²) in [6, 6.07) is 26.9. The Bertz CT molecular complexity index is 2440. The van der Waals surface area contributed by atoms with E-state index in [1.807, 2.05) is 13.8 Å². The number of anilines is 2. The van der Waals surface area contributed by atoms with Crippen LogP contribution in [0.15, 0.2) is 107 Å². The lowest BCUT2D eigenvalue weighted by Gasteiger charge is -2.33. The summed E-state index contributed by atoms with van der Waals surface area (Å²) in [5.41, 5.74) is 1.19. The van der Waals surface area contributed by atoms with Crippen LogP contribution in [0.3, 0.4) is 0 Å². The predicted octanol–water partition coefficient (Wildman–Crippen LogP) is 5.63. The molecule has 16 heteroatoms. The van der Waals surface area contributed by atoms with Crippen LogP contribution in [0.2, 0.25) is 0 Å². The number of hydrogen-bond acceptors (Lipinski definition) is 12. The summed E-state index contributed by atoms with van der Waals surface area (Å²) in [4.78, 5) is 52.1. The minimum absolute atomic E-state index is 0.00445. The smallest absolute Gasteiger partial charge is 0.317 e. The molecule has 8 rings (SSSR count). The molecule has 0 saturated heterocycles. The molecule has 14 nitrogen and oxygen atoms in total. The SMILES string of the molecule is CCOC(=O)[C@@H]1[C@H]2CN(S(=O)(=O)c3ccc(C)cc3)c3ccccc3[C@]21C(=O)OCC.CCOC(=O)[C@H]1[C@@H]2CN(S(=O)(=O)c3ccc(C)cc3)c3ccccc3[C@@]21C(=O)OCC. The molecular weight excluding hydrogens is 837 g/mol. The molecule has 2 aliphatic heterocycles. The van der Waals surface area contributed by atoms with Crippen LogP contribution in [-0.2, 0) is 69.0 Å². The zero-order valence-corrected chi connectivity index (χ0v) is 37.0. The molecule has 0 radical (unpaired) electrons. The first kappa shape index (κ1) is 44.3. The van der Waals surface area contributed by atoms with E-state index in [9.17, 15) is 36.0 Å².